The second kappa shape index (κ2) is 8.94. The molecular formula is C22H22F2N2O4. The Morgan fingerprint density at radius 1 is 1.10 bits per heavy atom. The molecule has 0 unspecified atom stereocenters. The van der Waals surface area contributed by atoms with Crippen molar-refractivity contribution in [2.24, 2.45) is 0 Å². The molecule has 3 rings (SSSR count). The van der Waals surface area contributed by atoms with Gasteiger partial charge >= 0.3 is 6.61 Å². The predicted octanol–water partition coefficient (Wildman–Crippen LogP) is 5.34. The van der Waals surface area contributed by atoms with Crippen LogP contribution in [-0.4, -0.2) is 17.7 Å². The van der Waals surface area contributed by atoms with Crippen molar-refractivity contribution in [2.45, 2.75) is 40.9 Å². The number of aryl methyl sites for hydroxylation is 4. The summed E-state index contributed by atoms with van der Waals surface area (Å²) in [5.74, 6) is 0.327. The third kappa shape index (κ3) is 4.94. The number of carbonyl (C=O) groups is 1. The summed E-state index contributed by atoms with van der Waals surface area (Å²) in [4.78, 5) is 12.7. The minimum Gasteiger partial charge on any atom is -0.489 e. The van der Waals surface area contributed by atoms with Gasteiger partial charge in [-0.1, -0.05) is 17.3 Å². The smallest absolute Gasteiger partial charge is 0.387 e. The van der Waals surface area contributed by atoms with Gasteiger partial charge in [0.25, 0.3) is 5.91 Å². The van der Waals surface area contributed by atoms with E-state index in [-0.39, 0.29) is 23.7 Å². The van der Waals surface area contributed by atoms with E-state index in [1.54, 1.807) is 19.9 Å². The largest absolute Gasteiger partial charge is 0.489 e. The van der Waals surface area contributed by atoms with Crippen LogP contribution in [0.1, 0.15) is 38.5 Å². The molecule has 2 aromatic carbocycles. The molecule has 0 saturated heterocycles. The van der Waals surface area contributed by atoms with Crippen LogP contribution in [0.3, 0.4) is 0 Å². The van der Waals surface area contributed by atoms with Crippen LogP contribution in [0.2, 0.25) is 0 Å². The number of hydrogen-bond acceptors (Lipinski definition) is 5. The van der Waals surface area contributed by atoms with E-state index >= 15 is 0 Å². The first-order chi connectivity index (χ1) is 14.2. The summed E-state index contributed by atoms with van der Waals surface area (Å²) < 4.78 is 40.9. The standard InChI is InChI=1S/C22H22F2N2O4/c1-12-5-8-18(19(9-12)29-22(23)24)25-21(27)20-17(15(4)30-26-20)11-28-16-7-6-13(2)14(3)10-16/h5-10,22H,11H2,1-4H3,(H,25,27). The number of amides is 1. The molecule has 1 heterocycles. The number of halogens is 2. The quantitative estimate of drug-likeness (QED) is 0.563. The maximum Gasteiger partial charge on any atom is 0.387 e. The molecule has 0 aliphatic carbocycles. The zero-order valence-corrected chi connectivity index (χ0v) is 17.1. The molecule has 3 aromatic rings. The van der Waals surface area contributed by atoms with Crippen molar-refractivity contribution in [3.05, 3.63) is 70.1 Å². The molecule has 6 nitrogen and oxygen atoms in total. The molecule has 1 aromatic heterocycles. The summed E-state index contributed by atoms with van der Waals surface area (Å²) in [6.07, 6.45) is 0. The van der Waals surface area contributed by atoms with Crippen LogP contribution in [0.25, 0.3) is 0 Å². The highest BCUT2D eigenvalue weighted by Crippen LogP contribution is 2.28. The molecule has 0 aliphatic rings. The zero-order valence-electron chi connectivity index (χ0n) is 17.1. The number of nitrogens with one attached hydrogen (secondary N) is 1. The lowest BCUT2D eigenvalue weighted by Crippen LogP contribution is -2.17. The third-order valence-corrected chi connectivity index (χ3v) is 4.66. The number of aromatic nitrogens is 1. The van der Waals surface area contributed by atoms with Gasteiger partial charge in [-0.3, -0.25) is 4.79 Å². The van der Waals surface area contributed by atoms with Gasteiger partial charge in [-0.05, 0) is 68.7 Å². The molecule has 0 fully saturated rings. The molecular weight excluding hydrogens is 394 g/mol. The van der Waals surface area contributed by atoms with Crippen molar-refractivity contribution in [1.29, 1.82) is 0 Å². The van der Waals surface area contributed by atoms with Gasteiger partial charge < -0.3 is 19.3 Å². The SMILES string of the molecule is Cc1ccc(NC(=O)c2noc(C)c2COc2ccc(C)c(C)c2)c(OC(F)F)c1. The van der Waals surface area contributed by atoms with E-state index in [9.17, 15) is 13.6 Å². The van der Waals surface area contributed by atoms with E-state index in [2.05, 4.69) is 15.2 Å². The Bertz CT molecular complexity index is 1060. The zero-order chi connectivity index (χ0) is 21.8. The fraction of sp³-hybridized carbons (Fsp3) is 0.273. The number of anilines is 1. The Kier molecular flexibility index (Phi) is 6.34. The van der Waals surface area contributed by atoms with Crippen molar-refractivity contribution >= 4 is 11.6 Å². The molecule has 0 aliphatic heterocycles. The van der Waals surface area contributed by atoms with Crippen LogP contribution in [0, 0.1) is 27.7 Å². The molecule has 0 atom stereocenters. The van der Waals surface area contributed by atoms with Gasteiger partial charge in [-0.25, -0.2) is 0 Å². The second-order valence-corrected chi connectivity index (χ2v) is 6.93. The highest BCUT2D eigenvalue weighted by molar-refractivity contribution is 6.04. The molecule has 0 spiro atoms. The highest BCUT2D eigenvalue weighted by atomic mass is 19.3. The van der Waals surface area contributed by atoms with Crippen LogP contribution in [-0.2, 0) is 6.61 Å². The molecule has 1 amide bonds. The molecule has 30 heavy (non-hydrogen) atoms. The number of rotatable bonds is 7. The van der Waals surface area contributed by atoms with E-state index in [0.717, 1.165) is 11.1 Å². The normalized spacial score (nSPS) is 10.9. The van der Waals surface area contributed by atoms with Crippen molar-refractivity contribution in [3.63, 3.8) is 0 Å². The van der Waals surface area contributed by atoms with Gasteiger partial charge in [0.1, 0.15) is 23.9 Å². The van der Waals surface area contributed by atoms with Crippen LogP contribution in [0.15, 0.2) is 40.9 Å². The van der Waals surface area contributed by atoms with Crippen LogP contribution in [0.5, 0.6) is 11.5 Å². The van der Waals surface area contributed by atoms with Crippen LogP contribution >= 0.6 is 0 Å². The number of alkyl halides is 2. The minimum atomic E-state index is -3.02. The number of nitrogens with zero attached hydrogens (tertiary/aromatic N) is 1. The summed E-state index contributed by atoms with van der Waals surface area (Å²) >= 11 is 0. The molecule has 8 heteroatoms. The van der Waals surface area contributed by atoms with Gasteiger partial charge in [-0.2, -0.15) is 8.78 Å². The number of ether oxygens (including phenoxy) is 2. The van der Waals surface area contributed by atoms with Gasteiger partial charge in [0.05, 0.1) is 11.3 Å². The predicted molar refractivity (Wildman–Crippen MR) is 107 cm³/mol. The number of hydrogen-bond donors (Lipinski definition) is 1. The lowest BCUT2D eigenvalue weighted by molar-refractivity contribution is -0.0494. The summed E-state index contributed by atoms with van der Waals surface area (Å²) in [5.41, 5.74) is 3.52. The van der Waals surface area contributed by atoms with Gasteiger partial charge in [0.2, 0.25) is 0 Å². The van der Waals surface area contributed by atoms with Crippen molar-refractivity contribution < 1.29 is 27.6 Å². The van der Waals surface area contributed by atoms with Crippen LogP contribution in [0.4, 0.5) is 14.5 Å². The molecule has 1 N–H and O–H groups in total. The van der Waals surface area contributed by atoms with Crippen molar-refractivity contribution in [3.8, 4) is 11.5 Å². The van der Waals surface area contributed by atoms with Gasteiger partial charge in [0, 0.05) is 0 Å². The van der Waals surface area contributed by atoms with Gasteiger partial charge in [-0.15, -0.1) is 0 Å². The maximum absolute atomic E-state index is 12.7. The third-order valence-electron chi connectivity index (χ3n) is 4.66. The summed E-state index contributed by atoms with van der Waals surface area (Å²) in [6.45, 7) is 4.43. The van der Waals surface area contributed by atoms with E-state index < -0.39 is 12.5 Å². The average molecular weight is 416 g/mol. The van der Waals surface area contributed by atoms with E-state index in [1.807, 2.05) is 32.0 Å². The second-order valence-electron chi connectivity index (χ2n) is 6.93. The Morgan fingerprint density at radius 2 is 1.87 bits per heavy atom. The van der Waals surface area contributed by atoms with Crippen LogP contribution < -0.4 is 14.8 Å². The fourth-order valence-electron chi connectivity index (χ4n) is 2.81. The van der Waals surface area contributed by atoms with Gasteiger partial charge in [0.15, 0.2) is 5.69 Å². The lowest BCUT2D eigenvalue weighted by atomic mass is 10.1. The Labute approximate surface area is 172 Å². The van der Waals surface area contributed by atoms with Crippen molar-refractivity contribution in [1.82, 2.24) is 5.16 Å². The topological polar surface area (TPSA) is 73.6 Å². The summed E-state index contributed by atoms with van der Waals surface area (Å²) in [7, 11) is 0. The Balaban J connectivity index is 1.79. The summed E-state index contributed by atoms with van der Waals surface area (Å²) in [5, 5.41) is 6.36. The minimum absolute atomic E-state index is 0.0138. The summed E-state index contributed by atoms with van der Waals surface area (Å²) in [6, 6.07) is 10.3. The fourth-order valence-corrected chi connectivity index (χ4v) is 2.81. The van der Waals surface area contributed by atoms with E-state index in [4.69, 9.17) is 9.26 Å². The van der Waals surface area contributed by atoms with E-state index in [1.165, 1.54) is 12.1 Å². The first kappa shape index (κ1) is 21.3. The maximum atomic E-state index is 12.7. The Hall–Kier alpha value is -3.42. The van der Waals surface area contributed by atoms with Crippen molar-refractivity contribution in [2.75, 3.05) is 5.32 Å². The highest BCUT2D eigenvalue weighted by Gasteiger charge is 2.22. The van der Waals surface area contributed by atoms with E-state index in [0.29, 0.717) is 22.6 Å². The first-order valence-electron chi connectivity index (χ1n) is 9.26. The molecule has 0 radical (unpaired) electrons. The average Bonchev–Trinajstić information content (AvgIpc) is 3.05. The lowest BCUT2D eigenvalue weighted by Gasteiger charge is -2.12. The molecule has 0 bridgehead atoms. The Morgan fingerprint density at radius 3 is 2.57 bits per heavy atom. The molecule has 0 saturated carbocycles. The number of benzene rings is 2. The molecule has 158 valence electrons. The first-order valence-corrected chi connectivity index (χ1v) is 9.26. The monoisotopic (exact) mass is 416 g/mol. The number of carbonyl (C=O) groups excluding carboxylic acids is 1.